The molecule has 0 spiro atoms. The molecular weight excluding hydrogens is 269 g/mol. The van der Waals surface area contributed by atoms with Crippen LogP contribution in [0, 0.1) is 5.82 Å². The highest BCUT2D eigenvalue weighted by atomic mass is 32.2. The highest BCUT2D eigenvalue weighted by Crippen LogP contribution is 2.16. The van der Waals surface area contributed by atoms with Crippen molar-refractivity contribution in [1.29, 1.82) is 0 Å². The Morgan fingerprint density at radius 3 is 2.68 bits per heavy atom. The number of sulfonamides is 1. The molecule has 0 radical (unpaired) electrons. The van der Waals surface area contributed by atoms with Crippen LogP contribution in [0.5, 0.6) is 0 Å². The molecule has 4 nitrogen and oxygen atoms in total. The summed E-state index contributed by atoms with van der Waals surface area (Å²) in [6.07, 6.45) is 1.79. The minimum Gasteiger partial charge on any atom is -0.377 e. The Morgan fingerprint density at radius 2 is 2.11 bits per heavy atom. The SMILES string of the molecule is C[C@H](NS(=O)(=O)Cc1ccc(F)cc1)[C@H]1CCCO1. The third-order valence-corrected chi connectivity index (χ3v) is 4.60. The largest absolute Gasteiger partial charge is 0.377 e. The fraction of sp³-hybridized carbons (Fsp3) is 0.538. The van der Waals surface area contributed by atoms with E-state index in [-0.39, 0.29) is 23.7 Å². The third kappa shape index (κ3) is 4.26. The van der Waals surface area contributed by atoms with Gasteiger partial charge in [-0.2, -0.15) is 0 Å². The van der Waals surface area contributed by atoms with Crippen molar-refractivity contribution in [3.8, 4) is 0 Å². The number of benzene rings is 1. The molecule has 19 heavy (non-hydrogen) atoms. The molecule has 0 aromatic heterocycles. The highest BCUT2D eigenvalue weighted by molar-refractivity contribution is 7.88. The van der Waals surface area contributed by atoms with Crippen molar-refractivity contribution >= 4 is 10.0 Å². The standard InChI is InChI=1S/C13H18FNO3S/c1-10(13-3-2-8-18-13)15-19(16,17)9-11-4-6-12(14)7-5-11/h4-7,10,13,15H,2-3,8-9H2,1H3/t10-,13+/m0/s1. The van der Waals surface area contributed by atoms with Crippen LogP contribution in [-0.4, -0.2) is 27.2 Å². The average Bonchev–Trinajstić information content (AvgIpc) is 2.85. The van der Waals surface area contributed by atoms with E-state index in [1.807, 2.05) is 0 Å². The summed E-state index contributed by atoms with van der Waals surface area (Å²) in [6.45, 7) is 2.49. The zero-order chi connectivity index (χ0) is 13.9. The van der Waals surface area contributed by atoms with Crippen LogP contribution in [0.3, 0.4) is 0 Å². The summed E-state index contributed by atoms with van der Waals surface area (Å²) in [4.78, 5) is 0. The molecule has 0 bridgehead atoms. The van der Waals surface area contributed by atoms with Gasteiger partial charge in [0.2, 0.25) is 10.0 Å². The van der Waals surface area contributed by atoms with Gasteiger partial charge in [-0.05, 0) is 37.5 Å². The van der Waals surface area contributed by atoms with Gasteiger partial charge < -0.3 is 4.74 Å². The number of hydrogen-bond donors (Lipinski definition) is 1. The van der Waals surface area contributed by atoms with Crippen LogP contribution in [0.1, 0.15) is 25.3 Å². The summed E-state index contributed by atoms with van der Waals surface area (Å²) in [5.74, 6) is -0.522. The Labute approximate surface area is 113 Å². The lowest BCUT2D eigenvalue weighted by Crippen LogP contribution is -2.41. The number of rotatable bonds is 5. The lowest BCUT2D eigenvalue weighted by molar-refractivity contribution is 0.0902. The monoisotopic (exact) mass is 287 g/mol. The van der Waals surface area contributed by atoms with E-state index in [4.69, 9.17) is 4.74 Å². The van der Waals surface area contributed by atoms with Crippen LogP contribution in [0.2, 0.25) is 0 Å². The summed E-state index contributed by atoms with van der Waals surface area (Å²) in [5.41, 5.74) is 0.563. The molecule has 2 rings (SSSR count). The lowest BCUT2D eigenvalue weighted by atomic mass is 10.1. The molecule has 0 amide bonds. The van der Waals surface area contributed by atoms with Gasteiger partial charge >= 0.3 is 0 Å². The highest BCUT2D eigenvalue weighted by Gasteiger charge is 2.26. The normalized spacial score (nSPS) is 21.5. The Kier molecular flexibility index (Phi) is 4.54. The van der Waals surface area contributed by atoms with Crippen LogP contribution in [0.15, 0.2) is 24.3 Å². The molecule has 1 aliphatic rings. The number of hydrogen-bond acceptors (Lipinski definition) is 3. The Balaban J connectivity index is 1.96. The molecule has 1 aliphatic heterocycles. The summed E-state index contributed by atoms with van der Waals surface area (Å²) >= 11 is 0. The lowest BCUT2D eigenvalue weighted by Gasteiger charge is -2.19. The second-order valence-corrected chi connectivity index (χ2v) is 6.60. The van der Waals surface area contributed by atoms with E-state index in [9.17, 15) is 12.8 Å². The van der Waals surface area contributed by atoms with Gasteiger partial charge in [0.05, 0.1) is 11.9 Å². The smallest absolute Gasteiger partial charge is 0.216 e. The molecule has 0 unspecified atom stereocenters. The van der Waals surface area contributed by atoms with Gasteiger partial charge in [0.1, 0.15) is 5.82 Å². The fourth-order valence-electron chi connectivity index (χ4n) is 2.20. The first kappa shape index (κ1) is 14.4. The van der Waals surface area contributed by atoms with Crippen molar-refractivity contribution in [2.75, 3.05) is 6.61 Å². The van der Waals surface area contributed by atoms with Crippen LogP contribution in [0.4, 0.5) is 4.39 Å². The molecule has 2 atom stereocenters. The minimum atomic E-state index is -3.44. The second kappa shape index (κ2) is 5.98. The predicted octanol–water partition coefficient (Wildman–Crippen LogP) is 1.81. The average molecular weight is 287 g/mol. The first-order chi connectivity index (χ1) is 8.96. The topological polar surface area (TPSA) is 55.4 Å². The summed E-state index contributed by atoms with van der Waals surface area (Å²) in [7, 11) is -3.44. The molecule has 1 aromatic carbocycles. The Bertz CT molecular complexity index is 509. The van der Waals surface area contributed by atoms with E-state index in [0.29, 0.717) is 12.2 Å². The van der Waals surface area contributed by atoms with Crippen molar-refractivity contribution in [3.63, 3.8) is 0 Å². The number of ether oxygens (including phenoxy) is 1. The van der Waals surface area contributed by atoms with Gasteiger partial charge in [-0.1, -0.05) is 12.1 Å². The van der Waals surface area contributed by atoms with E-state index < -0.39 is 10.0 Å². The molecule has 1 saturated heterocycles. The number of halogens is 1. The van der Waals surface area contributed by atoms with Gasteiger partial charge in [-0.3, -0.25) is 0 Å². The van der Waals surface area contributed by atoms with Crippen LogP contribution in [-0.2, 0) is 20.5 Å². The van der Waals surface area contributed by atoms with E-state index in [2.05, 4.69) is 4.72 Å². The summed E-state index contributed by atoms with van der Waals surface area (Å²) in [6, 6.07) is 5.23. The molecule has 1 N–H and O–H groups in total. The molecule has 0 aliphatic carbocycles. The Hall–Kier alpha value is -0.980. The van der Waals surface area contributed by atoms with Crippen LogP contribution >= 0.6 is 0 Å². The first-order valence-electron chi connectivity index (χ1n) is 6.32. The summed E-state index contributed by atoms with van der Waals surface area (Å²) < 4.78 is 44.8. The second-order valence-electron chi connectivity index (χ2n) is 4.84. The van der Waals surface area contributed by atoms with E-state index in [0.717, 1.165) is 12.8 Å². The fourth-order valence-corrected chi connectivity index (χ4v) is 3.63. The molecule has 1 aromatic rings. The van der Waals surface area contributed by atoms with Crippen molar-refractivity contribution in [2.45, 2.75) is 37.7 Å². The zero-order valence-corrected chi connectivity index (χ0v) is 11.6. The molecule has 106 valence electrons. The van der Waals surface area contributed by atoms with E-state index in [1.165, 1.54) is 24.3 Å². The minimum absolute atomic E-state index is 0.0528. The Morgan fingerprint density at radius 1 is 1.42 bits per heavy atom. The molecule has 0 saturated carbocycles. The molecule has 1 fully saturated rings. The van der Waals surface area contributed by atoms with Crippen LogP contribution in [0.25, 0.3) is 0 Å². The maximum Gasteiger partial charge on any atom is 0.216 e. The third-order valence-electron chi connectivity index (χ3n) is 3.16. The number of nitrogens with one attached hydrogen (secondary N) is 1. The van der Waals surface area contributed by atoms with Gasteiger partial charge in [-0.25, -0.2) is 17.5 Å². The van der Waals surface area contributed by atoms with Crippen molar-refractivity contribution in [3.05, 3.63) is 35.6 Å². The maximum atomic E-state index is 12.8. The molecule has 1 heterocycles. The van der Waals surface area contributed by atoms with E-state index >= 15 is 0 Å². The van der Waals surface area contributed by atoms with Crippen molar-refractivity contribution < 1.29 is 17.5 Å². The first-order valence-corrected chi connectivity index (χ1v) is 7.97. The van der Waals surface area contributed by atoms with Crippen molar-refractivity contribution in [2.24, 2.45) is 0 Å². The van der Waals surface area contributed by atoms with Gasteiger partial charge in [0.25, 0.3) is 0 Å². The van der Waals surface area contributed by atoms with Crippen molar-refractivity contribution in [1.82, 2.24) is 4.72 Å². The van der Waals surface area contributed by atoms with Gasteiger partial charge in [0.15, 0.2) is 0 Å². The van der Waals surface area contributed by atoms with Gasteiger partial charge in [0, 0.05) is 12.6 Å². The van der Waals surface area contributed by atoms with E-state index in [1.54, 1.807) is 6.92 Å². The molecular formula is C13H18FNO3S. The molecule has 6 heteroatoms. The quantitative estimate of drug-likeness (QED) is 0.898. The van der Waals surface area contributed by atoms with Gasteiger partial charge in [-0.15, -0.1) is 0 Å². The summed E-state index contributed by atoms with van der Waals surface area (Å²) in [5, 5.41) is 0. The van der Waals surface area contributed by atoms with Crippen LogP contribution < -0.4 is 4.72 Å². The maximum absolute atomic E-state index is 12.8. The predicted molar refractivity (Wildman–Crippen MR) is 70.6 cm³/mol. The zero-order valence-electron chi connectivity index (χ0n) is 10.8.